The predicted octanol–water partition coefficient (Wildman–Crippen LogP) is 5.44. The third-order valence-corrected chi connectivity index (χ3v) is 3.56. The van der Waals surface area contributed by atoms with Gasteiger partial charge in [0, 0.05) is 11.8 Å². The molecule has 3 rings (SSSR count). The molecule has 106 valence electrons. The molecule has 0 aliphatic rings. The monoisotopic (exact) mass is 301 g/mol. The third-order valence-electron chi connectivity index (χ3n) is 3.24. The van der Waals surface area contributed by atoms with E-state index < -0.39 is 0 Å². The maximum atomic E-state index is 13.0. The Morgan fingerprint density at radius 3 is 2.48 bits per heavy atom. The van der Waals surface area contributed by atoms with Gasteiger partial charge in [-0.2, -0.15) is 0 Å². The maximum absolute atomic E-state index is 13.0. The SMILES string of the molecule is Cc1cc(Oc2ccc(F)cc2)c2c(Cl)ccc(C)c2n1. The van der Waals surface area contributed by atoms with Crippen LogP contribution in [0.2, 0.25) is 5.02 Å². The van der Waals surface area contributed by atoms with Crippen LogP contribution in [-0.4, -0.2) is 4.98 Å². The first-order chi connectivity index (χ1) is 10.0. The van der Waals surface area contributed by atoms with Crippen LogP contribution in [0.1, 0.15) is 11.3 Å². The zero-order valence-corrected chi connectivity index (χ0v) is 12.4. The van der Waals surface area contributed by atoms with E-state index in [1.807, 2.05) is 32.0 Å². The summed E-state index contributed by atoms with van der Waals surface area (Å²) in [5, 5.41) is 1.35. The van der Waals surface area contributed by atoms with Gasteiger partial charge in [-0.25, -0.2) is 4.39 Å². The summed E-state index contributed by atoms with van der Waals surface area (Å²) in [6.45, 7) is 3.88. The van der Waals surface area contributed by atoms with E-state index in [1.54, 1.807) is 12.1 Å². The van der Waals surface area contributed by atoms with E-state index in [1.165, 1.54) is 12.1 Å². The van der Waals surface area contributed by atoms with Crippen LogP contribution in [-0.2, 0) is 0 Å². The number of aromatic nitrogens is 1. The Bertz CT molecular complexity index is 815. The normalized spacial score (nSPS) is 10.9. The summed E-state index contributed by atoms with van der Waals surface area (Å²) in [4.78, 5) is 4.53. The van der Waals surface area contributed by atoms with Crippen LogP contribution in [0.25, 0.3) is 10.9 Å². The lowest BCUT2D eigenvalue weighted by molar-refractivity contribution is 0.485. The number of hydrogen-bond donors (Lipinski definition) is 0. The molecule has 0 saturated heterocycles. The van der Waals surface area contributed by atoms with Crippen LogP contribution in [0.5, 0.6) is 11.5 Å². The molecule has 0 spiro atoms. The van der Waals surface area contributed by atoms with Crippen LogP contribution >= 0.6 is 11.6 Å². The van der Waals surface area contributed by atoms with E-state index >= 15 is 0 Å². The van der Waals surface area contributed by atoms with Crippen molar-refractivity contribution in [3.63, 3.8) is 0 Å². The fourth-order valence-corrected chi connectivity index (χ4v) is 2.48. The van der Waals surface area contributed by atoms with Crippen LogP contribution in [0, 0.1) is 19.7 Å². The van der Waals surface area contributed by atoms with Crippen LogP contribution in [0.3, 0.4) is 0 Å². The van der Waals surface area contributed by atoms with Gasteiger partial charge < -0.3 is 4.74 Å². The first-order valence-electron chi connectivity index (χ1n) is 6.54. The second kappa shape index (κ2) is 5.34. The molecule has 1 heterocycles. The summed E-state index contributed by atoms with van der Waals surface area (Å²) < 4.78 is 18.8. The van der Waals surface area contributed by atoms with Crippen LogP contribution < -0.4 is 4.74 Å². The van der Waals surface area contributed by atoms with Crippen molar-refractivity contribution in [2.75, 3.05) is 0 Å². The van der Waals surface area contributed by atoms with Crippen LogP contribution in [0.4, 0.5) is 4.39 Å². The molecule has 0 aliphatic heterocycles. The molecule has 2 nitrogen and oxygen atoms in total. The average molecular weight is 302 g/mol. The summed E-state index contributed by atoms with van der Waals surface area (Å²) in [7, 11) is 0. The quantitative estimate of drug-likeness (QED) is 0.629. The summed E-state index contributed by atoms with van der Waals surface area (Å²) in [6.07, 6.45) is 0. The molecule has 4 heteroatoms. The van der Waals surface area contributed by atoms with E-state index in [0.29, 0.717) is 16.5 Å². The molecule has 0 radical (unpaired) electrons. The second-order valence-corrected chi connectivity index (χ2v) is 5.31. The van der Waals surface area contributed by atoms with Crippen molar-refractivity contribution in [3.05, 3.63) is 64.6 Å². The van der Waals surface area contributed by atoms with Crippen molar-refractivity contribution < 1.29 is 9.13 Å². The first-order valence-corrected chi connectivity index (χ1v) is 6.92. The molecule has 0 amide bonds. The van der Waals surface area contributed by atoms with E-state index in [4.69, 9.17) is 16.3 Å². The zero-order chi connectivity index (χ0) is 15.0. The van der Waals surface area contributed by atoms with Crippen molar-refractivity contribution in [1.29, 1.82) is 0 Å². The highest BCUT2D eigenvalue weighted by atomic mass is 35.5. The number of hydrogen-bond acceptors (Lipinski definition) is 2. The second-order valence-electron chi connectivity index (χ2n) is 4.91. The Balaban J connectivity index is 2.17. The molecule has 0 fully saturated rings. The Morgan fingerprint density at radius 1 is 1.05 bits per heavy atom. The number of pyridine rings is 1. The van der Waals surface area contributed by atoms with E-state index in [2.05, 4.69) is 4.98 Å². The molecule has 0 saturated carbocycles. The van der Waals surface area contributed by atoms with E-state index in [-0.39, 0.29) is 5.82 Å². The lowest BCUT2D eigenvalue weighted by atomic mass is 10.1. The Labute approximate surface area is 127 Å². The standard InChI is InChI=1S/C17H13ClFNO/c1-10-3-8-14(18)16-15(9-11(2)20-17(10)16)21-13-6-4-12(19)5-7-13/h3-9H,1-2H3. The molecule has 0 bridgehead atoms. The van der Waals surface area contributed by atoms with E-state index in [0.717, 1.165) is 22.2 Å². The Morgan fingerprint density at radius 2 is 1.76 bits per heavy atom. The van der Waals surface area contributed by atoms with Gasteiger partial charge in [-0.05, 0) is 49.7 Å². The van der Waals surface area contributed by atoms with Crippen molar-refractivity contribution in [3.8, 4) is 11.5 Å². The molecular formula is C17H13ClFNO. The van der Waals surface area contributed by atoms with Crippen molar-refractivity contribution in [1.82, 2.24) is 4.98 Å². The van der Waals surface area contributed by atoms with Crippen molar-refractivity contribution >= 4 is 22.5 Å². The molecule has 0 aliphatic carbocycles. The van der Waals surface area contributed by atoms with Gasteiger partial charge in [-0.3, -0.25) is 4.98 Å². The van der Waals surface area contributed by atoms with Gasteiger partial charge in [0.05, 0.1) is 15.9 Å². The number of fused-ring (bicyclic) bond motifs is 1. The Kier molecular flexibility index (Phi) is 3.52. The van der Waals surface area contributed by atoms with Gasteiger partial charge in [-0.15, -0.1) is 0 Å². The van der Waals surface area contributed by atoms with Crippen LogP contribution in [0.15, 0.2) is 42.5 Å². The highest BCUT2D eigenvalue weighted by molar-refractivity contribution is 6.36. The maximum Gasteiger partial charge on any atom is 0.140 e. The lowest BCUT2D eigenvalue weighted by Crippen LogP contribution is -1.93. The molecular weight excluding hydrogens is 289 g/mol. The van der Waals surface area contributed by atoms with Crippen molar-refractivity contribution in [2.24, 2.45) is 0 Å². The number of aryl methyl sites for hydroxylation is 2. The van der Waals surface area contributed by atoms with Gasteiger partial charge in [-0.1, -0.05) is 17.7 Å². The molecule has 21 heavy (non-hydrogen) atoms. The summed E-state index contributed by atoms with van der Waals surface area (Å²) in [6, 6.07) is 11.5. The topological polar surface area (TPSA) is 22.1 Å². The molecule has 0 atom stereocenters. The van der Waals surface area contributed by atoms with Crippen molar-refractivity contribution in [2.45, 2.75) is 13.8 Å². The minimum absolute atomic E-state index is 0.299. The fraction of sp³-hybridized carbons (Fsp3) is 0.118. The van der Waals surface area contributed by atoms with Gasteiger partial charge in [0.15, 0.2) is 0 Å². The Hall–Kier alpha value is -2.13. The average Bonchev–Trinajstić information content (AvgIpc) is 2.45. The minimum Gasteiger partial charge on any atom is -0.457 e. The largest absolute Gasteiger partial charge is 0.457 e. The summed E-state index contributed by atoms with van der Waals surface area (Å²) >= 11 is 6.30. The highest BCUT2D eigenvalue weighted by Crippen LogP contribution is 2.36. The number of nitrogens with zero attached hydrogens (tertiary/aromatic N) is 1. The number of rotatable bonds is 2. The summed E-state index contributed by atoms with van der Waals surface area (Å²) in [5.74, 6) is 0.880. The predicted molar refractivity (Wildman–Crippen MR) is 82.7 cm³/mol. The zero-order valence-electron chi connectivity index (χ0n) is 11.7. The molecule has 2 aromatic carbocycles. The first kappa shape index (κ1) is 13.8. The summed E-state index contributed by atoms with van der Waals surface area (Å²) in [5.41, 5.74) is 2.69. The number of benzene rings is 2. The van der Waals surface area contributed by atoms with Gasteiger partial charge in [0.2, 0.25) is 0 Å². The highest BCUT2D eigenvalue weighted by Gasteiger charge is 2.12. The van der Waals surface area contributed by atoms with E-state index in [9.17, 15) is 4.39 Å². The molecule has 1 aromatic heterocycles. The number of halogens is 2. The smallest absolute Gasteiger partial charge is 0.140 e. The third kappa shape index (κ3) is 2.69. The van der Waals surface area contributed by atoms with Gasteiger partial charge in [0.25, 0.3) is 0 Å². The molecule has 3 aromatic rings. The lowest BCUT2D eigenvalue weighted by Gasteiger charge is -2.12. The minimum atomic E-state index is -0.299. The van der Waals surface area contributed by atoms with Gasteiger partial charge >= 0.3 is 0 Å². The number of ether oxygens (including phenoxy) is 1. The molecule has 0 unspecified atom stereocenters. The van der Waals surface area contributed by atoms with Gasteiger partial charge in [0.1, 0.15) is 17.3 Å². The fourth-order valence-electron chi connectivity index (χ4n) is 2.23. The molecule has 0 N–H and O–H groups in total.